The van der Waals surface area contributed by atoms with E-state index in [-0.39, 0.29) is 12.6 Å². The van der Waals surface area contributed by atoms with Crippen LogP contribution in [0.15, 0.2) is 48.5 Å². The van der Waals surface area contributed by atoms with Crippen LogP contribution in [0.25, 0.3) is 0 Å². The van der Waals surface area contributed by atoms with E-state index in [0.717, 1.165) is 29.9 Å². The Kier molecular flexibility index (Phi) is 8.28. The quantitative estimate of drug-likeness (QED) is 0.640. The van der Waals surface area contributed by atoms with Crippen LogP contribution < -0.4 is 15.5 Å². The van der Waals surface area contributed by atoms with E-state index in [1.165, 1.54) is 0 Å². The summed E-state index contributed by atoms with van der Waals surface area (Å²) in [5.74, 6) is -1.30. The Morgan fingerprint density at radius 1 is 1.00 bits per heavy atom. The number of ether oxygens (including phenoxy) is 1. The lowest BCUT2D eigenvalue weighted by Crippen LogP contribution is -2.46. The fourth-order valence-electron chi connectivity index (χ4n) is 3.48. The first kappa shape index (κ1) is 23.1. The van der Waals surface area contributed by atoms with Crippen molar-refractivity contribution in [3.63, 3.8) is 0 Å². The molecule has 0 aromatic heterocycles. The molecule has 7 nitrogen and oxygen atoms in total. The molecule has 0 saturated carbocycles. The Morgan fingerprint density at radius 2 is 1.61 bits per heavy atom. The first-order valence-electron chi connectivity index (χ1n) is 10.3. The predicted octanol–water partition coefficient (Wildman–Crippen LogP) is 2.21. The van der Waals surface area contributed by atoms with Crippen molar-refractivity contribution in [2.24, 2.45) is 0 Å². The standard InChI is InChI=1S/C23H29ClN4O3/c1-27(2)20-9-5-18(6-10-20)21(28-11-13-31-14-12-28)16-26-23(30)22(29)25-15-17-3-7-19(24)8-4-17/h3-10,21H,11-16H2,1-2H3,(H,25,29)(H,26,30)/t21-/m0/s1. The van der Waals surface area contributed by atoms with Crippen LogP contribution in [-0.4, -0.2) is 63.7 Å². The minimum atomic E-state index is -0.654. The molecular weight excluding hydrogens is 416 g/mol. The maximum absolute atomic E-state index is 12.4. The fourth-order valence-corrected chi connectivity index (χ4v) is 3.60. The smallest absolute Gasteiger partial charge is 0.309 e. The zero-order valence-corrected chi connectivity index (χ0v) is 18.7. The highest BCUT2D eigenvalue weighted by molar-refractivity contribution is 6.35. The summed E-state index contributed by atoms with van der Waals surface area (Å²) in [5.41, 5.74) is 3.07. The Morgan fingerprint density at radius 3 is 2.23 bits per heavy atom. The second kappa shape index (κ2) is 11.1. The lowest BCUT2D eigenvalue weighted by molar-refractivity contribution is -0.139. The summed E-state index contributed by atoms with van der Waals surface area (Å²) < 4.78 is 5.47. The number of benzene rings is 2. The molecule has 3 rings (SSSR count). The molecule has 1 aliphatic heterocycles. The van der Waals surface area contributed by atoms with Gasteiger partial charge in [0.2, 0.25) is 0 Å². The van der Waals surface area contributed by atoms with Crippen LogP contribution in [0.3, 0.4) is 0 Å². The van der Waals surface area contributed by atoms with Crippen molar-refractivity contribution in [3.8, 4) is 0 Å². The maximum atomic E-state index is 12.4. The highest BCUT2D eigenvalue weighted by Gasteiger charge is 2.24. The minimum absolute atomic E-state index is 0.0341. The van der Waals surface area contributed by atoms with Crippen molar-refractivity contribution in [3.05, 3.63) is 64.7 Å². The van der Waals surface area contributed by atoms with Gasteiger partial charge in [0.1, 0.15) is 0 Å². The molecule has 1 aliphatic rings. The summed E-state index contributed by atoms with van der Waals surface area (Å²) in [4.78, 5) is 28.9. The molecule has 0 spiro atoms. The average molecular weight is 445 g/mol. The molecule has 0 bridgehead atoms. The van der Waals surface area contributed by atoms with Crippen molar-refractivity contribution >= 4 is 29.1 Å². The molecule has 1 heterocycles. The normalized spacial score (nSPS) is 15.2. The van der Waals surface area contributed by atoms with Gasteiger partial charge in [0.25, 0.3) is 0 Å². The van der Waals surface area contributed by atoms with Crippen LogP contribution in [0, 0.1) is 0 Å². The molecular formula is C23H29ClN4O3. The van der Waals surface area contributed by atoms with Gasteiger partial charge in [-0.25, -0.2) is 0 Å². The van der Waals surface area contributed by atoms with Gasteiger partial charge in [-0.2, -0.15) is 0 Å². The average Bonchev–Trinajstić information content (AvgIpc) is 2.79. The highest BCUT2D eigenvalue weighted by Crippen LogP contribution is 2.23. The number of carbonyl (C=O) groups excluding carboxylic acids is 2. The van der Waals surface area contributed by atoms with Crippen molar-refractivity contribution in [2.45, 2.75) is 12.6 Å². The number of amides is 2. The van der Waals surface area contributed by atoms with E-state index < -0.39 is 11.8 Å². The Bertz CT molecular complexity index is 865. The molecule has 0 unspecified atom stereocenters. The van der Waals surface area contributed by atoms with Gasteiger partial charge in [-0.1, -0.05) is 35.9 Å². The molecule has 31 heavy (non-hydrogen) atoms. The summed E-state index contributed by atoms with van der Waals surface area (Å²) in [6, 6.07) is 15.3. The first-order chi connectivity index (χ1) is 14.9. The predicted molar refractivity (Wildman–Crippen MR) is 122 cm³/mol. The monoisotopic (exact) mass is 444 g/mol. The molecule has 0 aliphatic carbocycles. The second-order valence-electron chi connectivity index (χ2n) is 7.67. The number of carbonyl (C=O) groups is 2. The van der Waals surface area contributed by atoms with Crippen LogP contribution in [0.1, 0.15) is 17.2 Å². The third kappa shape index (κ3) is 6.69. The second-order valence-corrected chi connectivity index (χ2v) is 8.11. The van der Waals surface area contributed by atoms with Crippen LogP contribution in [0.4, 0.5) is 5.69 Å². The van der Waals surface area contributed by atoms with Gasteiger partial charge in [0.05, 0.1) is 19.3 Å². The van der Waals surface area contributed by atoms with Gasteiger partial charge >= 0.3 is 11.8 Å². The van der Waals surface area contributed by atoms with E-state index in [9.17, 15) is 9.59 Å². The van der Waals surface area contributed by atoms with E-state index in [1.807, 2.05) is 31.1 Å². The lowest BCUT2D eigenvalue weighted by Gasteiger charge is -2.35. The lowest BCUT2D eigenvalue weighted by atomic mass is 10.0. The van der Waals surface area contributed by atoms with E-state index in [2.05, 4.69) is 39.8 Å². The summed E-state index contributed by atoms with van der Waals surface area (Å²) in [5, 5.41) is 6.07. The van der Waals surface area contributed by atoms with Gasteiger partial charge in [-0.05, 0) is 35.4 Å². The number of hydrogen-bond donors (Lipinski definition) is 2. The number of hydrogen-bond acceptors (Lipinski definition) is 5. The van der Waals surface area contributed by atoms with E-state index in [4.69, 9.17) is 16.3 Å². The Labute approximate surface area is 188 Å². The van der Waals surface area contributed by atoms with E-state index in [1.54, 1.807) is 12.1 Å². The molecule has 166 valence electrons. The van der Waals surface area contributed by atoms with Gasteiger partial charge < -0.3 is 20.3 Å². The molecule has 2 aromatic carbocycles. The molecule has 2 N–H and O–H groups in total. The number of nitrogens with zero attached hydrogens (tertiary/aromatic N) is 2. The van der Waals surface area contributed by atoms with Gasteiger partial charge in [-0.3, -0.25) is 14.5 Å². The molecule has 2 aromatic rings. The van der Waals surface area contributed by atoms with Crippen LogP contribution in [0.2, 0.25) is 5.02 Å². The van der Waals surface area contributed by atoms with Crippen molar-refractivity contribution in [2.75, 3.05) is 51.8 Å². The van der Waals surface area contributed by atoms with Crippen LogP contribution in [0.5, 0.6) is 0 Å². The fraction of sp³-hybridized carbons (Fsp3) is 0.391. The third-order valence-corrected chi connectivity index (χ3v) is 5.56. The van der Waals surface area contributed by atoms with Crippen molar-refractivity contribution in [1.29, 1.82) is 0 Å². The number of halogens is 1. The molecule has 2 amide bonds. The molecule has 0 radical (unpaired) electrons. The molecule has 8 heteroatoms. The summed E-state index contributed by atoms with van der Waals surface area (Å²) in [6.45, 7) is 3.47. The summed E-state index contributed by atoms with van der Waals surface area (Å²) in [6.07, 6.45) is 0. The van der Waals surface area contributed by atoms with E-state index >= 15 is 0 Å². The number of anilines is 1. The zero-order chi connectivity index (χ0) is 22.2. The van der Waals surface area contributed by atoms with Gasteiger partial charge in [0, 0.05) is 51.0 Å². The number of nitrogens with one attached hydrogen (secondary N) is 2. The van der Waals surface area contributed by atoms with Crippen LogP contribution >= 0.6 is 11.6 Å². The van der Waals surface area contributed by atoms with E-state index in [0.29, 0.717) is 24.8 Å². The van der Waals surface area contributed by atoms with Crippen molar-refractivity contribution in [1.82, 2.24) is 15.5 Å². The summed E-state index contributed by atoms with van der Waals surface area (Å²) >= 11 is 5.87. The minimum Gasteiger partial charge on any atom is -0.379 e. The van der Waals surface area contributed by atoms with Crippen LogP contribution in [-0.2, 0) is 20.9 Å². The zero-order valence-electron chi connectivity index (χ0n) is 17.9. The van der Waals surface area contributed by atoms with Gasteiger partial charge in [-0.15, -0.1) is 0 Å². The first-order valence-corrected chi connectivity index (χ1v) is 10.7. The molecule has 1 fully saturated rings. The Hall–Kier alpha value is -2.61. The maximum Gasteiger partial charge on any atom is 0.309 e. The largest absolute Gasteiger partial charge is 0.379 e. The van der Waals surface area contributed by atoms with Crippen molar-refractivity contribution < 1.29 is 14.3 Å². The molecule has 1 saturated heterocycles. The topological polar surface area (TPSA) is 73.9 Å². The van der Waals surface area contributed by atoms with Gasteiger partial charge in [0.15, 0.2) is 0 Å². The third-order valence-electron chi connectivity index (χ3n) is 5.31. The number of rotatable bonds is 7. The summed E-state index contributed by atoms with van der Waals surface area (Å²) in [7, 11) is 3.99. The molecule has 1 atom stereocenters. The number of morpholine rings is 1. The SMILES string of the molecule is CN(C)c1ccc([C@H](CNC(=O)C(=O)NCc2ccc(Cl)cc2)N2CCOCC2)cc1. The Balaban J connectivity index is 1.60. The highest BCUT2D eigenvalue weighted by atomic mass is 35.5.